The highest BCUT2D eigenvalue weighted by molar-refractivity contribution is 7.17. The lowest BCUT2D eigenvalue weighted by atomic mass is 9.78. The van der Waals surface area contributed by atoms with Crippen LogP contribution >= 0.6 is 9.24 Å². The van der Waals surface area contributed by atoms with Gasteiger partial charge in [0.1, 0.15) is 0 Å². The highest BCUT2D eigenvalue weighted by Gasteiger charge is 2.31. The van der Waals surface area contributed by atoms with E-state index in [0.717, 1.165) is 29.3 Å². The monoisotopic (exact) mass is 242 g/mol. The van der Waals surface area contributed by atoms with Crippen LogP contribution in [0.1, 0.15) is 66.2 Å². The van der Waals surface area contributed by atoms with Crippen LogP contribution in [0.15, 0.2) is 0 Å². The van der Waals surface area contributed by atoms with E-state index < -0.39 is 0 Å². The Balaban J connectivity index is 2.43. The van der Waals surface area contributed by atoms with Crippen molar-refractivity contribution >= 4 is 9.24 Å². The molecule has 1 aliphatic rings. The molecule has 1 aliphatic carbocycles. The molecule has 0 aromatic rings. The smallest absolute Gasteiger partial charge is 0.0290 e. The SMILES string of the molecule is CCC(C)CC(C)C1CCCC1CC(C)P. The van der Waals surface area contributed by atoms with Crippen molar-refractivity contribution in [1.82, 2.24) is 0 Å². The van der Waals surface area contributed by atoms with Crippen molar-refractivity contribution in [3.63, 3.8) is 0 Å². The van der Waals surface area contributed by atoms with Crippen LogP contribution in [0.3, 0.4) is 0 Å². The van der Waals surface area contributed by atoms with Crippen LogP contribution in [0.25, 0.3) is 0 Å². The Hall–Kier alpha value is 0.430. The van der Waals surface area contributed by atoms with Gasteiger partial charge in [0.2, 0.25) is 0 Å². The maximum absolute atomic E-state index is 2.98. The molecule has 0 N–H and O–H groups in total. The summed E-state index contributed by atoms with van der Waals surface area (Å²) in [4.78, 5) is 0. The number of rotatable bonds is 6. The van der Waals surface area contributed by atoms with Crippen molar-refractivity contribution in [3.05, 3.63) is 0 Å². The van der Waals surface area contributed by atoms with E-state index in [9.17, 15) is 0 Å². The lowest BCUT2D eigenvalue weighted by Crippen LogP contribution is -2.20. The molecule has 1 fully saturated rings. The zero-order chi connectivity index (χ0) is 12.1. The minimum absolute atomic E-state index is 0.807. The summed E-state index contributed by atoms with van der Waals surface area (Å²) < 4.78 is 0. The molecule has 1 heteroatoms. The summed E-state index contributed by atoms with van der Waals surface area (Å²) in [6.45, 7) is 9.59. The van der Waals surface area contributed by atoms with Gasteiger partial charge < -0.3 is 0 Å². The van der Waals surface area contributed by atoms with Crippen molar-refractivity contribution < 1.29 is 0 Å². The van der Waals surface area contributed by atoms with E-state index in [0.29, 0.717) is 0 Å². The molecule has 0 spiro atoms. The molecule has 0 bridgehead atoms. The predicted molar refractivity (Wildman–Crippen MR) is 77.9 cm³/mol. The molecule has 16 heavy (non-hydrogen) atoms. The molecule has 6 unspecified atom stereocenters. The first-order valence-corrected chi connectivity index (χ1v) is 7.96. The maximum Gasteiger partial charge on any atom is -0.0290 e. The Morgan fingerprint density at radius 1 is 1.19 bits per heavy atom. The number of hydrogen-bond donors (Lipinski definition) is 0. The van der Waals surface area contributed by atoms with E-state index in [1.165, 1.54) is 38.5 Å². The summed E-state index contributed by atoms with van der Waals surface area (Å²) >= 11 is 0. The third-order valence-electron chi connectivity index (χ3n) is 4.59. The van der Waals surface area contributed by atoms with Crippen LogP contribution in [0, 0.1) is 23.7 Å². The Kier molecular flexibility index (Phi) is 6.34. The van der Waals surface area contributed by atoms with Gasteiger partial charge >= 0.3 is 0 Å². The molecule has 96 valence electrons. The van der Waals surface area contributed by atoms with Gasteiger partial charge in [-0.1, -0.05) is 47.0 Å². The van der Waals surface area contributed by atoms with Gasteiger partial charge in [-0.15, -0.1) is 9.24 Å². The minimum atomic E-state index is 0.807. The largest absolute Gasteiger partial charge is 0.135 e. The average molecular weight is 242 g/mol. The van der Waals surface area contributed by atoms with Gasteiger partial charge in [-0.25, -0.2) is 0 Å². The van der Waals surface area contributed by atoms with Crippen molar-refractivity contribution in [2.75, 3.05) is 0 Å². The van der Waals surface area contributed by atoms with Gasteiger partial charge in [-0.05, 0) is 48.6 Å². The van der Waals surface area contributed by atoms with Gasteiger partial charge in [-0.3, -0.25) is 0 Å². The molecule has 0 nitrogen and oxygen atoms in total. The van der Waals surface area contributed by atoms with Crippen LogP contribution in [0.2, 0.25) is 0 Å². The fraction of sp³-hybridized carbons (Fsp3) is 1.00. The normalized spacial score (nSPS) is 31.3. The second kappa shape index (κ2) is 7.00. The third-order valence-corrected chi connectivity index (χ3v) is 4.87. The first-order chi connectivity index (χ1) is 7.54. The quantitative estimate of drug-likeness (QED) is 0.566. The molecule has 0 aromatic heterocycles. The van der Waals surface area contributed by atoms with Crippen LogP contribution < -0.4 is 0 Å². The van der Waals surface area contributed by atoms with Gasteiger partial charge in [0, 0.05) is 0 Å². The third kappa shape index (κ3) is 4.36. The summed E-state index contributed by atoms with van der Waals surface area (Å²) in [5.74, 6) is 3.92. The first-order valence-electron chi connectivity index (χ1n) is 7.30. The summed E-state index contributed by atoms with van der Waals surface area (Å²) in [6.07, 6.45) is 8.70. The molecule has 1 saturated carbocycles. The summed E-state index contributed by atoms with van der Waals surface area (Å²) in [5, 5.41) is 0. The van der Waals surface area contributed by atoms with E-state index in [1.807, 2.05) is 0 Å². The highest BCUT2D eigenvalue weighted by Crippen LogP contribution is 2.42. The topological polar surface area (TPSA) is 0 Å². The fourth-order valence-electron chi connectivity index (χ4n) is 3.56. The minimum Gasteiger partial charge on any atom is -0.135 e. The van der Waals surface area contributed by atoms with Gasteiger partial charge in [-0.2, -0.15) is 0 Å². The van der Waals surface area contributed by atoms with Gasteiger partial charge in [0.05, 0.1) is 0 Å². The van der Waals surface area contributed by atoms with Crippen molar-refractivity contribution in [2.24, 2.45) is 23.7 Å². The summed E-state index contributed by atoms with van der Waals surface area (Å²) in [7, 11) is 2.98. The standard InChI is InChI=1S/C15H31P/c1-5-11(2)9-12(3)15-8-6-7-14(15)10-13(4)16/h11-15H,5-10,16H2,1-4H3. The fourth-order valence-corrected chi connectivity index (χ4v) is 3.91. The Labute approximate surface area is 105 Å². The second-order valence-corrected chi connectivity index (χ2v) is 7.43. The molecular weight excluding hydrogens is 211 g/mol. The second-order valence-electron chi connectivity index (χ2n) is 6.29. The molecule has 0 heterocycles. The Morgan fingerprint density at radius 2 is 1.88 bits per heavy atom. The molecule has 0 aliphatic heterocycles. The molecule has 6 atom stereocenters. The Morgan fingerprint density at radius 3 is 2.44 bits per heavy atom. The van der Waals surface area contributed by atoms with Crippen molar-refractivity contribution in [3.8, 4) is 0 Å². The molecule has 1 rings (SSSR count). The van der Waals surface area contributed by atoms with E-state index in [2.05, 4.69) is 36.9 Å². The summed E-state index contributed by atoms with van der Waals surface area (Å²) in [6, 6.07) is 0. The number of hydrogen-bond acceptors (Lipinski definition) is 0. The van der Waals surface area contributed by atoms with Crippen molar-refractivity contribution in [1.29, 1.82) is 0 Å². The van der Waals surface area contributed by atoms with Crippen LogP contribution in [0.4, 0.5) is 0 Å². The van der Waals surface area contributed by atoms with E-state index in [1.54, 1.807) is 0 Å². The zero-order valence-corrected chi connectivity index (χ0v) is 12.9. The lowest BCUT2D eigenvalue weighted by Gasteiger charge is -2.28. The molecule has 0 aromatic carbocycles. The highest BCUT2D eigenvalue weighted by atomic mass is 31.0. The lowest BCUT2D eigenvalue weighted by molar-refractivity contribution is 0.229. The van der Waals surface area contributed by atoms with Crippen LogP contribution in [-0.2, 0) is 0 Å². The molecular formula is C15H31P. The Bertz CT molecular complexity index is 188. The predicted octanol–water partition coefficient (Wildman–Crippen LogP) is 5.13. The summed E-state index contributed by atoms with van der Waals surface area (Å²) in [5.41, 5.74) is 0.807. The van der Waals surface area contributed by atoms with E-state index in [4.69, 9.17) is 0 Å². The average Bonchev–Trinajstić information content (AvgIpc) is 2.64. The molecule has 0 radical (unpaired) electrons. The van der Waals surface area contributed by atoms with E-state index >= 15 is 0 Å². The van der Waals surface area contributed by atoms with E-state index in [-0.39, 0.29) is 0 Å². The van der Waals surface area contributed by atoms with Crippen LogP contribution in [0.5, 0.6) is 0 Å². The molecule has 0 saturated heterocycles. The maximum atomic E-state index is 2.98. The molecule has 0 amide bonds. The van der Waals surface area contributed by atoms with Crippen molar-refractivity contribution in [2.45, 2.75) is 71.9 Å². The first kappa shape index (κ1) is 14.5. The van der Waals surface area contributed by atoms with Gasteiger partial charge in [0.15, 0.2) is 0 Å². The van der Waals surface area contributed by atoms with Gasteiger partial charge in [0.25, 0.3) is 0 Å². The van der Waals surface area contributed by atoms with Crippen LogP contribution in [-0.4, -0.2) is 5.66 Å². The zero-order valence-electron chi connectivity index (χ0n) is 11.7.